The topological polar surface area (TPSA) is 12.9 Å². The van der Waals surface area contributed by atoms with Gasteiger partial charge in [-0.3, -0.25) is 0 Å². The summed E-state index contributed by atoms with van der Waals surface area (Å²) < 4.78 is 40.3. The third-order valence-electron chi connectivity index (χ3n) is 4.28. The Bertz CT molecular complexity index is 1060. The lowest BCUT2D eigenvalue weighted by Crippen LogP contribution is -2.07. The lowest BCUT2D eigenvalue weighted by molar-refractivity contribution is -0.136. The minimum Gasteiger partial charge on any atom is -0.247 e. The third kappa shape index (κ3) is 2.94. The first kappa shape index (κ1) is 16.3. The lowest BCUT2D eigenvalue weighted by atomic mass is 9.96. The van der Waals surface area contributed by atoms with E-state index in [9.17, 15) is 13.2 Å². The molecule has 0 amide bonds. The smallest absolute Gasteiger partial charge is 0.247 e. The molecule has 3 aromatic carbocycles. The predicted octanol–water partition coefficient (Wildman–Crippen LogP) is 6.59. The molecule has 0 saturated carbocycles. The second-order valence-electron chi connectivity index (χ2n) is 5.99. The molecule has 128 valence electrons. The summed E-state index contributed by atoms with van der Waals surface area (Å²) in [5.41, 5.74) is 2.30. The average Bonchev–Trinajstić information content (AvgIpc) is 2.67. The van der Waals surface area contributed by atoms with E-state index in [0.717, 1.165) is 22.8 Å². The van der Waals surface area contributed by atoms with Crippen molar-refractivity contribution < 1.29 is 13.2 Å². The average molecular weight is 349 g/mol. The zero-order chi connectivity index (χ0) is 18.1. The second-order valence-corrected chi connectivity index (χ2v) is 5.99. The third-order valence-corrected chi connectivity index (χ3v) is 4.28. The number of aromatic nitrogens is 1. The van der Waals surface area contributed by atoms with Gasteiger partial charge in [-0.05, 0) is 17.7 Å². The van der Waals surface area contributed by atoms with Crippen molar-refractivity contribution in [3.63, 3.8) is 0 Å². The lowest BCUT2D eigenvalue weighted by Gasteiger charge is -2.15. The molecule has 1 nitrogen and oxygen atoms in total. The van der Waals surface area contributed by atoms with Crippen LogP contribution in [0, 0.1) is 0 Å². The first-order valence-corrected chi connectivity index (χ1v) is 8.16. The molecule has 0 fully saturated rings. The van der Waals surface area contributed by atoms with Crippen LogP contribution in [0.2, 0.25) is 0 Å². The van der Waals surface area contributed by atoms with Gasteiger partial charge in [-0.1, -0.05) is 72.8 Å². The van der Waals surface area contributed by atoms with Gasteiger partial charge in [0, 0.05) is 16.5 Å². The molecule has 1 heterocycles. The van der Waals surface area contributed by atoms with Crippen LogP contribution < -0.4 is 0 Å². The quantitative estimate of drug-likeness (QED) is 0.398. The van der Waals surface area contributed by atoms with Gasteiger partial charge in [0.1, 0.15) is 0 Å². The Balaban J connectivity index is 2.07. The maximum Gasteiger partial charge on any atom is 0.418 e. The van der Waals surface area contributed by atoms with Crippen molar-refractivity contribution in [2.24, 2.45) is 0 Å². The molecule has 0 bridgehead atoms. The van der Waals surface area contributed by atoms with E-state index >= 15 is 0 Å². The van der Waals surface area contributed by atoms with Gasteiger partial charge in [0.25, 0.3) is 0 Å². The molecule has 0 unspecified atom stereocenters. The highest BCUT2D eigenvalue weighted by atomic mass is 19.4. The molecular weight excluding hydrogens is 335 g/mol. The zero-order valence-corrected chi connectivity index (χ0v) is 13.7. The highest BCUT2D eigenvalue weighted by Gasteiger charge is 2.33. The monoisotopic (exact) mass is 349 g/mol. The highest BCUT2D eigenvalue weighted by molar-refractivity contribution is 5.93. The maximum absolute atomic E-state index is 13.4. The van der Waals surface area contributed by atoms with Crippen molar-refractivity contribution in [3.05, 3.63) is 90.5 Å². The highest BCUT2D eigenvalue weighted by Crippen LogP contribution is 2.38. The number of alkyl halides is 3. The number of benzene rings is 3. The second kappa shape index (κ2) is 6.30. The summed E-state index contributed by atoms with van der Waals surface area (Å²) in [5, 5.41) is 0.471. The fourth-order valence-electron chi connectivity index (χ4n) is 3.08. The van der Waals surface area contributed by atoms with Crippen LogP contribution >= 0.6 is 0 Å². The Morgan fingerprint density at radius 1 is 0.654 bits per heavy atom. The van der Waals surface area contributed by atoms with Crippen LogP contribution in [-0.4, -0.2) is 4.98 Å². The molecule has 0 atom stereocenters. The van der Waals surface area contributed by atoms with Gasteiger partial charge in [-0.25, -0.2) is 4.98 Å². The van der Waals surface area contributed by atoms with E-state index in [-0.39, 0.29) is 5.52 Å². The molecule has 0 aliphatic carbocycles. The number of halogens is 3. The van der Waals surface area contributed by atoms with Crippen molar-refractivity contribution in [2.45, 2.75) is 6.18 Å². The van der Waals surface area contributed by atoms with Crippen LogP contribution in [0.4, 0.5) is 13.2 Å². The number of hydrogen-bond acceptors (Lipinski definition) is 1. The molecule has 0 aliphatic heterocycles. The Hall–Kier alpha value is -3.14. The van der Waals surface area contributed by atoms with Gasteiger partial charge in [0.15, 0.2) is 0 Å². The standard InChI is InChI=1S/C22H14F3N/c23-22(24,25)19-13-7-12-17-14-18(15-8-3-1-4-9-15)20(26-21(17)19)16-10-5-2-6-11-16/h1-14H. The van der Waals surface area contributed by atoms with Crippen molar-refractivity contribution >= 4 is 10.9 Å². The van der Waals surface area contributed by atoms with Crippen molar-refractivity contribution in [3.8, 4) is 22.4 Å². The van der Waals surface area contributed by atoms with Crippen molar-refractivity contribution in [1.29, 1.82) is 0 Å². The number of hydrogen-bond donors (Lipinski definition) is 0. The number of para-hydroxylation sites is 1. The fourth-order valence-corrected chi connectivity index (χ4v) is 3.08. The maximum atomic E-state index is 13.4. The van der Waals surface area contributed by atoms with Crippen LogP contribution in [0.1, 0.15) is 5.56 Å². The Morgan fingerprint density at radius 3 is 1.88 bits per heavy atom. The molecule has 0 N–H and O–H groups in total. The summed E-state index contributed by atoms with van der Waals surface area (Å²) in [6, 6.07) is 24.8. The molecule has 4 heteroatoms. The molecule has 4 aromatic rings. The van der Waals surface area contributed by atoms with Crippen LogP contribution in [0.25, 0.3) is 33.3 Å². The Kier molecular flexibility index (Phi) is 3.96. The number of pyridine rings is 1. The molecule has 26 heavy (non-hydrogen) atoms. The summed E-state index contributed by atoms with van der Waals surface area (Å²) in [5.74, 6) is 0. The van der Waals surface area contributed by atoms with E-state index in [1.807, 2.05) is 60.7 Å². The summed E-state index contributed by atoms with van der Waals surface area (Å²) in [7, 11) is 0. The normalized spacial score (nSPS) is 11.7. The van der Waals surface area contributed by atoms with E-state index < -0.39 is 11.7 Å². The summed E-state index contributed by atoms with van der Waals surface area (Å²) >= 11 is 0. The van der Waals surface area contributed by atoms with Gasteiger partial charge in [0.2, 0.25) is 0 Å². The summed E-state index contributed by atoms with van der Waals surface area (Å²) in [4.78, 5) is 4.47. The van der Waals surface area contributed by atoms with Crippen LogP contribution in [0.3, 0.4) is 0 Å². The van der Waals surface area contributed by atoms with Crippen LogP contribution in [0.15, 0.2) is 84.9 Å². The number of rotatable bonds is 2. The molecule has 0 saturated heterocycles. The van der Waals surface area contributed by atoms with E-state index in [4.69, 9.17) is 0 Å². The van der Waals surface area contributed by atoms with Crippen LogP contribution in [-0.2, 0) is 6.18 Å². The van der Waals surface area contributed by atoms with Gasteiger partial charge in [0.05, 0.1) is 16.8 Å². The van der Waals surface area contributed by atoms with Crippen molar-refractivity contribution in [2.75, 3.05) is 0 Å². The largest absolute Gasteiger partial charge is 0.418 e. The first-order chi connectivity index (χ1) is 12.5. The molecule has 1 aromatic heterocycles. The fraction of sp³-hybridized carbons (Fsp3) is 0.0455. The minimum atomic E-state index is -4.45. The Morgan fingerprint density at radius 2 is 1.27 bits per heavy atom. The van der Waals surface area contributed by atoms with Gasteiger partial charge in [-0.2, -0.15) is 13.2 Å². The van der Waals surface area contributed by atoms with Gasteiger partial charge < -0.3 is 0 Å². The van der Waals surface area contributed by atoms with Crippen LogP contribution in [0.5, 0.6) is 0 Å². The van der Waals surface area contributed by atoms with E-state index in [1.54, 1.807) is 12.1 Å². The SMILES string of the molecule is FC(F)(F)c1cccc2cc(-c3ccccc3)c(-c3ccccc3)nc12. The molecule has 0 radical (unpaired) electrons. The minimum absolute atomic E-state index is 0.0291. The zero-order valence-electron chi connectivity index (χ0n) is 13.7. The molecule has 4 rings (SSSR count). The summed E-state index contributed by atoms with van der Waals surface area (Å²) in [6.45, 7) is 0. The van der Waals surface area contributed by atoms with Gasteiger partial charge in [-0.15, -0.1) is 0 Å². The molecular formula is C22H14F3N. The number of fused-ring (bicyclic) bond motifs is 1. The molecule has 0 aliphatic rings. The van der Waals surface area contributed by atoms with Crippen molar-refractivity contribution in [1.82, 2.24) is 4.98 Å². The van der Waals surface area contributed by atoms with E-state index in [1.165, 1.54) is 6.07 Å². The summed E-state index contributed by atoms with van der Waals surface area (Å²) in [6.07, 6.45) is -4.45. The number of nitrogens with zero attached hydrogens (tertiary/aromatic N) is 1. The molecule has 0 spiro atoms. The van der Waals surface area contributed by atoms with E-state index in [2.05, 4.69) is 4.98 Å². The Labute approximate surface area is 148 Å². The van der Waals surface area contributed by atoms with E-state index in [0.29, 0.717) is 11.1 Å². The first-order valence-electron chi connectivity index (χ1n) is 8.16. The predicted molar refractivity (Wildman–Crippen MR) is 97.6 cm³/mol. The van der Waals surface area contributed by atoms with Gasteiger partial charge >= 0.3 is 6.18 Å².